The standard InChI is InChI=1S/C13H20ClN3/c1-10-8-17(9-11(2)16(10)3)13-4-5-15-7-12(13)6-14/h4-5,7,10-11H,6,8-9H2,1-3H3. The summed E-state index contributed by atoms with van der Waals surface area (Å²) in [5.41, 5.74) is 2.36. The molecule has 2 atom stereocenters. The summed E-state index contributed by atoms with van der Waals surface area (Å²) in [6.45, 7) is 6.64. The number of hydrogen-bond donors (Lipinski definition) is 0. The van der Waals surface area contributed by atoms with Crippen LogP contribution in [0.4, 0.5) is 5.69 Å². The Morgan fingerprint density at radius 1 is 1.35 bits per heavy atom. The maximum Gasteiger partial charge on any atom is 0.0509 e. The molecule has 1 aliphatic rings. The number of nitrogens with zero attached hydrogens (tertiary/aromatic N) is 3. The first-order valence-corrected chi connectivity index (χ1v) is 6.62. The predicted molar refractivity (Wildman–Crippen MR) is 72.7 cm³/mol. The molecule has 2 rings (SSSR count). The Bertz CT molecular complexity index is 371. The quantitative estimate of drug-likeness (QED) is 0.755. The van der Waals surface area contributed by atoms with Crippen LogP contribution in [-0.4, -0.2) is 42.1 Å². The fourth-order valence-corrected chi connectivity index (χ4v) is 2.64. The molecule has 4 heteroatoms. The van der Waals surface area contributed by atoms with E-state index in [0.717, 1.165) is 18.7 Å². The Hall–Kier alpha value is -0.800. The molecule has 0 amide bonds. The summed E-state index contributed by atoms with van der Waals surface area (Å²) in [7, 11) is 2.20. The number of rotatable bonds is 2. The van der Waals surface area contributed by atoms with Crippen molar-refractivity contribution in [2.45, 2.75) is 31.8 Å². The summed E-state index contributed by atoms with van der Waals surface area (Å²) in [4.78, 5) is 9.00. The van der Waals surface area contributed by atoms with Gasteiger partial charge in [0.25, 0.3) is 0 Å². The second-order valence-electron chi connectivity index (χ2n) is 4.91. The zero-order valence-corrected chi connectivity index (χ0v) is 11.5. The second-order valence-corrected chi connectivity index (χ2v) is 5.17. The van der Waals surface area contributed by atoms with Crippen LogP contribution in [0.5, 0.6) is 0 Å². The average molecular weight is 254 g/mol. The highest BCUT2D eigenvalue weighted by Gasteiger charge is 2.27. The number of piperazine rings is 1. The fraction of sp³-hybridized carbons (Fsp3) is 0.615. The summed E-state index contributed by atoms with van der Waals surface area (Å²) < 4.78 is 0. The van der Waals surface area contributed by atoms with Gasteiger partial charge >= 0.3 is 0 Å². The number of hydrogen-bond acceptors (Lipinski definition) is 3. The Balaban J connectivity index is 2.22. The van der Waals surface area contributed by atoms with Crippen LogP contribution in [0.1, 0.15) is 19.4 Å². The number of alkyl halides is 1. The molecule has 1 saturated heterocycles. The van der Waals surface area contributed by atoms with Crippen LogP contribution in [0.2, 0.25) is 0 Å². The lowest BCUT2D eigenvalue weighted by molar-refractivity contribution is 0.170. The molecular formula is C13H20ClN3. The van der Waals surface area contributed by atoms with Crippen molar-refractivity contribution in [3.8, 4) is 0 Å². The monoisotopic (exact) mass is 253 g/mol. The van der Waals surface area contributed by atoms with Crippen molar-refractivity contribution in [3.63, 3.8) is 0 Å². The summed E-state index contributed by atoms with van der Waals surface area (Å²) >= 11 is 5.98. The zero-order valence-electron chi connectivity index (χ0n) is 10.7. The predicted octanol–water partition coefficient (Wildman–Crippen LogP) is 2.35. The van der Waals surface area contributed by atoms with E-state index in [0.29, 0.717) is 18.0 Å². The van der Waals surface area contributed by atoms with Crippen molar-refractivity contribution in [1.82, 2.24) is 9.88 Å². The van der Waals surface area contributed by atoms with E-state index in [4.69, 9.17) is 11.6 Å². The third kappa shape index (κ3) is 2.55. The minimum absolute atomic E-state index is 0.526. The Morgan fingerprint density at radius 2 is 2.00 bits per heavy atom. The molecule has 0 bridgehead atoms. The molecule has 1 aromatic heterocycles. The smallest absolute Gasteiger partial charge is 0.0509 e. The maximum atomic E-state index is 5.98. The van der Waals surface area contributed by atoms with E-state index < -0.39 is 0 Å². The molecule has 1 aromatic rings. The first kappa shape index (κ1) is 12.7. The minimum Gasteiger partial charge on any atom is -0.368 e. The van der Waals surface area contributed by atoms with Crippen molar-refractivity contribution >= 4 is 17.3 Å². The third-order valence-electron chi connectivity index (χ3n) is 3.72. The van der Waals surface area contributed by atoms with Gasteiger partial charge in [-0.2, -0.15) is 0 Å². The lowest BCUT2D eigenvalue weighted by Crippen LogP contribution is -2.55. The summed E-state index contributed by atoms with van der Waals surface area (Å²) in [5.74, 6) is 0.526. The highest BCUT2D eigenvalue weighted by Crippen LogP contribution is 2.25. The topological polar surface area (TPSA) is 19.4 Å². The fourth-order valence-electron chi connectivity index (χ4n) is 2.43. The van der Waals surface area contributed by atoms with Crippen LogP contribution in [0, 0.1) is 0 Å². The van der Waals surface area contributed by atoms with Gasteiger partial charge in [0.05, 0.1) is 5.88 Å². The van der Waals surface area contributed by atoms with Gasteiger partial charge < -0.3 is 4.90 Å². The molecule has 94 valence electrons. The number of halogens is 1. The summed E-state index contributed by atoms with van der Waals surface area (Å²) in [6, 6.07) is 3.20. The van der Waals surface area contributed by atoms with Gasteiger partial charge in [-0.3, -0.25) is 9.88 Å². The molecule has 0 aliphatic carbocycles. The summed E-state index contributed by atoms with van der Waals surface area (Å²) in [5, 5.41) is 0. The van der Waals surface area contributed by atoms with Crippen molar-refractivity contribution in [1.29, 1.82) is 0 Å². The van der Waals surface area contributed by atoms with Gasteiger partial charge in [-0.1, -0.05) is 0 Å². The molecule has 0 N–H and O–H groups in total. The van der Waals surface area contributed by atoms with E-state index in [9.17, 15) is 0 Å². The third-order valence-corrected chi connectivity index (χ3v) is 4.01. The number of aromatic nitrogens is 1. The zero-order chi connectivity index (χ0) is 12.4. The van der Waals surface area contributed by atoms with E-state index in [1.54, 1.807) is 0 Å². The molecule has 1 fully saturated rings. The van der Waals surface area contributed by atoms with Crippen LogP contribution in [0.3, 0.4) is 0 Å². The highest BCUT2D eigenvalue weighted by molar-refractivity contribution is 6.17. The Labute approximate surface area is 108 Å². The second kappa shape index (κ2) is 5.23. The van der Waals surface area contributed by atoms with Gasteiger partial charge in [0.2, 0.25) is 0 Å². The molecule has 2 unspecified atom stereocenters. The SMILES string of the molecule is CC1CN(c2ccncc2CCl)CC(C)N1C. The molecule has 2 heterocycles. The van der Waals surface area contributed by atoms with Crippen molar-refractivity contribution in [2.24, 2.45) is 0 Å². The average Bonchev–Trinajstić information content (AvgIpc) is 2.35. The van der Waals surface area contributed by atoms with Crippen LogP contribution < -0.4 is 4.90 Å². The van der Waals surface area contributed by atoms with E-state index in [-0.39, 0.29) is 0 Å². The van der Waals surface area contributed by atoms with Crippen LogP contribution >= 0.6 is 11.6 Å². The van der Waals surface area contributed by atoms with Gasteiger partial charge in [-0.25, -0.2) is 0 Å². The van der Waals surface area contributed by atoms with Crippen LogP contribution in [0.25, 0.3) is 0 Å². The maximum absolute atomic E-state index is 5.98. The van der Waals surface area contributed by atoms with Gasteiger partial charge in [0.15, 0.2) is 0 Å². The Morgan fingerprint density at radius 3 is 2.59 bits per heavy atom. The molecule has 0 spiro atoms. The molecular weight excluding hydrogens is 234 g/mol. The van der Waals surface area contributed by atoms with Crippen molar-refractivity contribution in [2.75, 3.05) is 25.0 Å². The van der Waals surface area contributed by atoms with Gasteiger partial charge in [0, 0.05) is 48.8 Å². The largest absolute Gasteiger partial charge is 0.368 e. The van der Waals surface area contributed by atoms with Gasteiger partial charge in [0.1, 0.15) is 0 Å². The lowest BCUT2D eigenvalue weighted by Gasteiger charge is -2.44. The van der Waals surface area contributed by atoms with Crippen molar-refractivity contribution in [3.05, 3.63) is 24.0 Å². The normalized spacial score (nSPS) is 26.2. The number of anilines is 1. The van der Waals surface area contributed by atoms with E-state index in [1.807, 2.05) is 12.4 Å². The molecule has 17 heavy (non-hydrogen) atoms. The number of pyridine rings is 1. The van der Waals surface area contributed by atoms with Crippen molar-refractivity contribution < 1.29 is 0 Å². The minimum atomic E-state index is 0.526. The Kier molecular flexibility index (Phi) is 3.89. The van der Waals surface area contributed by atoms with E-state index in [2.05, 4.69) is 41.7 Å². The van der Waals surface area contributed by atoms with Crippen LogP contribution in [0.15, 0.2) is 18.5 Å². The highest BCUT2D eigenvalue weighted by atomic mass is 35.5. The molecule has 0 aromatic carbocycles. The molecule has 1 aliphatic heterocycles. The first-order chi connectivity index (χ1) is 8.13. The first-order valence-electron chi connectivity index (χ1n) is 6.09. The molecule has 0 radical (unpaired) electrons. The number of likely N-dealkylation sites (N-methyl/N-ethyl adjacent to an activating group) is 1. The lowest BCUT2D eigenvalue weighted by atomic mass is 10.1. The van der Waals surface area contributed by atoms with Gasteiger partial charge in [-0.15, -0.1) is 11.6 Å². The summed E-state index contributed by atoms with van der Waals surface area (Å²) in [6.07, 6.45) is 3.72. The van der Waals surface area contributed by atoms with E-state index >= 15 is 0 Å². The van der Waals surface area contributed by atoms with Crippen LogP contribution in [-0.2, 0) is 5.88 Å². The van der Waals surface area contributed by atoms with Gasteiger partial charge in [-0.05, 0) is 27.0 Å². The molecule has 0 saturated carbocycles. The van der Waals surface area contributed by atoms with E-state index in [1.165, 1.54) is 5.69 Å². The molecule has 3 nitrogen and oxygen atoms in total.